The van der Waals surface area contributed by atoms with Crippen LogP contribution in [-0.4, -0.2) is 39.6 Å². The minimum Gasteiger partial charge on any atom is -0.337 e. The molecule has 5 heteroatoms. The monoisotopic (exact) mass is 257 g/mol. The lowest BCUT2D eigenvalue weighted by Crippen LogP contribution is -2.33. The molecule has 17 heavy (non-hydrogen) atoms. The van der Waals surface area contributed by atoms with E-state index in [1.807, 2.05) is 14.0 Å². The summed E-state index contributed by atoms with van der Waals surface area (Å²) < 4.78 is 1.69. The average molecular weight is 258 g/mol. The average Bonchev–Trinajstić information content (AvgIpc) is 2.69. The maximum Gasteiger partial charge on any atom is 0.257 e. The number of rotatable bonds is 6. The third kappa shape index (κ3) is 3.46. The fraction of sp³-hybridized carbons (Fsp3) is 0.667. The Morgan fingerprint density at radius 2 is 2.18 bits per heavy atom. The molecular weight excluding hydrogens is 238 g/mol. The van der Waals surface area contributed by atoms with E-state index in [4.69, 9.17) is 11.6 Å². The molecular formula is C12H20ClN3O. The van der Waals surface area contributed by atoms with Crippen molar-refractivity contribution in [3.05, 3.63) is 17.5 Å². The van der Waals surface area contributed by atoms with E-state index in [0.29, 0.717) is 18.0 Å². The number of aromatic nitrogens is 2. The molecule has 1 aromatic heterocycles. The molecule has 0 aromatic carbocycles. The van der Waals surface area contributed by atoms with Crippen LogP contribution in [0.15, 0.2) is 6.20 Å². The Labute approximate surface area is 108 Å². The number of nitrogens with zero attached hydrogens (tertiary/aromatic N) is 3. The van der Waals surface area contributed by atoms with Crippen LogP contribution in [0.2, 0.25) is 0 Å². The molecule has 0 saturated heterocycles. The summed E-state index contributed by atoms with van der Waals surface area (Å²) >= 11 is 5.73. The normalized spacial score (nSPS) is 10.6. The molecule has 1 aromatic rings. The number of alkyl halides is 1. The van der Waals surface area contributed by atoms with E-state index in [1.54, 1.807) is 15.8 Å². The number of carbonyl (C=O) groups excluding carboxylic acids is 1. The lowest BCUT2D eigenvalue weighted by Gasteiger charge is -2.20. The molecule has 0 bridgehead atoms. The van der Waals surface area contributed by atoms with Crippen molar-refractivity contribution in [1.82, 2.24) is 14.7 Å². The molecule has 4 nitrogen and oxygen atoms in total. The van der Waals surface area contributed by atoms with Gasteiger partial charge in [0, 0.05) is 32.2 Å². The van der Waals surface area contributed by atoms with Gasteiger partial charge in [0.1, 0.15) is 0 Å². The summed E-state index contributed by atoms with van der Waals surface area (Å²) in [6.07, 6.45) is 3.49. The van der Waals surface area contributed by atoms with Gasteiger partial charge in [0.05, 0.1) is 11.3 Å². The Morgan fingerprint density at radius 3 is 2.71 bits per heavy atom. The second kappa shape index (κ2) is 6.64. The van der Waals surface area contributed by atoms with Gasteiger partial charge in [-0.2, -0.15) is 5.10 Å². The summed E-state index contributed by atoms with van der Waals surface area (Å²) in [6, 6.07) is 0. The fourth-order valence-corrected chi connectivity index (χ4v) is 2.04. The van der Waals surface area contributed by atoms with E-state index in [9.17, 15) is 4.79 Å². The summed E-state index contributed by atoms with van der Waals surface area (Å²) in [5.41, 5.74) is 1.56. The zero-order chi connectivity index (χ0) is 12.8. The third-order valence-electron chi connectivity index (χ3n) is 2.61. The van der Waals surface area contributed by atoms with Crippen molar-refractivity contribution in [2.45, 2.75) is 26.7 Å². The van der Waals surface area contributed by atoms with Gasteiger partial charge in [-0.25, -0.2) is 0 Å². The lowest BCUT2D eigenvalue weighted by molar-refractivity contribution is 0.0764. The molecule has 0 spiro atoms. The van der Waals surface area contributed by atoms with Gasteiger partial charge in [0.25, 0.3) is 5.91 Å². The van der Waals surface area contributed by atoms with Crippen LogP contribution in [0.1, 0.15) is 36.3 Å². The molecule has 0 aliphatic carbocycles. The topological polar surface area (TPSA) is 38.1 Å². The minimum atomic E-state index is 0.0393. The zero-order valence-electron chi connectivity index (χ0n) is 10.7. The third-order valence-corrected chi connectivity index (χ3v) is 2.77. The van der Waals surface area contributed by atoms with E-state index in [-0.39, 0.29) is 5.91 Å². The standard InChI is InChI=1S/C12H20ClN3O/c1-4-7-16(8-6-13)12(17)10-9-15(3)14-11(10)5-2/h9H,4-8H2,1-3H3. The molecule has 96 valence electrons. The highest BCUT2D eigenvalue weighted by Crippen LogP contribution is 2.11. The maximum atomic E-state index is 12.3. The number of halogens is 1. The Bertz CT molecular complexity index is 370. The summed E-state index contributed by atoms with van der Waals surface area (Å²) in [5, 5.41) is 4.29. The number of aryl methyl sites for hydroxylation is 2. The predicted molar refractivity (Wildman–Crippen MR) is 69.5 cm³/mol. The largest absolute Gasteiger partial charge is 0.337 e. The van der Waals surface area contributed by atoms with Crippen LogP contribution < -0.4 is 0 Å². The van der Waals surface area contributed by atoms with Crippen molar-refractivity contribution < 1.29 is 4.79 Å². The van der Waals surface area contributed by atoms with Crippen molar-refractivity contribution in [2.75, 3.05) is 19.0 Å². The zero-order valence-corrected chi connectivity index (χ0v) is 11.5. The molecule has 0 N–H and O–H groups in total. The van der Waals surface area contributed by atoms with Gasteiger partial charge in [-0.15, -0.1) is 11.6 Å². The SMILES string of the molecule is CCCN(CCCl)C(=O)c1cn(C)nc1CC. The number of hydrogen-bond donors (Lipinski definition) is 0. The Morgan fingerprint density at radius 1 is 1.47 bits per heavy atom. The highest BCUT2D eigenvalue weighted by atomic mass is 35.5. The number of amides is 1. The fourth-order valence-electron chi connectivity index (χ4n) is 1.83. The van der Waals surface area contributed by atoms with Crippen LogP contribution in [-0.2, 0) is 13.5 Å². The van der Waals surface area contributed by atoms with Gasteiger partial charge in [-0.1, -0.05) is 13.8 Å². The summed E-state index contributed by atoms with van der Waals surface area (Å²) in [7, 11) is 1.83. The second-order valence-electron chi connectivity index (χ2n) is 4.00. The highest BCUT2D eigenvalue weighted by Gasteiger charge is 2.19. The molecule has 0 aliphatic heterocycles. The van der Waals surface area contributed by atoms with Crippen LogP contribution in [0.5, 0.6) is 0 Å². The van der Waals surface area contributed by atoms with Crippen LogP contribution in [0, 0.1) is 0 Å². The van der Waals surface area contributed by atoms with Crippen LogP contribution in [0.25, 0.3) is 0 Å². The van der Waals surface area contributed by atoms with Gasteiger partial charge >= 0.3 is 0 Å². The first kappa shape index (κ1) is 14.0. The van der Waals surface area contributed by atoms with E-state index in [2.05, 4.69) is 12.0 Å². The molecule has 0 fully saturated rings. The van der Waals surface area contributed by atoms with Crippen molar-refractivity contribution >= 4 is 17.5 Å². The summed E-state index contributed by atoms with van der Waals surface area (Å²) in [6.45, 7) is 5.39. The molecule has 1 rings (SSSR count). The van der Waals surface area contributed by atoms with Crippen LogP contribution in [0.3, 0.4) is 0 Å². The quantitative estimate of drug-likeness (QED) is 0.732. The maximum absolute atomic E-state index is 12.3. The molecule has 1 amide bonds. The molecule has 1 heterocycles. The smallest absolute Gasteiger partial charge is 0.257 e. The second-order valence-corrected chi connectivity index (χ2v) is 4.38. The Kier molecular flexibility index (Phi) is 5.48. The van der Waals surface area contributed by atoms with Crippen molar-refractivity contribution in [1.29, 1.82) is 0 Å². The summed E-state index contributed by atoms with van der Waals surface area (Å²) in [4.78, 5) is 14.1. The molecule has 0 atom stereocenters. The van der Waals surface area contributed by atoms with Crippen molar-refractivity contribution in [3.63, 3.8) is 0 Å². The molecule has 0 radical (unpaired) electrons. The molecule has 0 saturated carbocycles. The summed E-state index contributed by atoms with van der Waals surface area (Å²) in [5.74, 6) is 0.505. The van der Waals surface area contributed by atoms with Gasteiger partial charge in [0.15, 0.2) is 0 Å². The van der Waals surface area contributed by atoms with Gasteiger partial charge in [0.2, 0.25) is 0 Å². The van der Waals surface area contributed by atoms with E-state index in [0.717, 1.165) is 25.1 Å². The van der Waals surface area contributed by atoms with Crippen molar-refractivity contribution in [2.24, 2.45) is 7.05 Å². The van der Waals surface area contributed by atoms with Crippen molar-refractivity contribution in [3.8, 4) is 0 Å². The van der Waals surface area contributed by atoms with E-state index in [1.165, 1.54) is 0 Å². The number of hydrogen-bond acceptors (Lipinski definition) is 2. The van der Waals surface area contributed by atoms with Gasteiger partial charge in [-0.3, -0.25) is 9.48 Å². The number of carbonyl (C=O) groups is 1. The first-order valence-electron chi connectivity index (χ1n) is 6.01. The van der Waals surface area contributed by atoms with E-state index < -0.39 is 0 Å². The van der Waals surface area contributed by atoms with E-state index >= 15 is 0 Å². The molecule has 0 aliphatic rings. The van der Waals surface area contributed by atoms with Crippen LogP contribution in [0.4, 0.5) is 0 Å². The van der Waals surface area contributed by atoms with Gasteiger partial charge in [-0.05, 0) is 12.8 Å². The Balaban J connectivity index is 2.91. The minimum absolute atomic E-state index is 0.0393. The lowest BCUT2D eigenvalue weighted by atomic mass is 10.2. The van der Waals surface area contributed by atoms with Gasteiger partial charge < -0.3 is 4.90 Å². The highest BCUT2D eigenvalue weighted by molar-refractivity contribution is 6.18. The first-order valence-corrected chi connectivity index (χ1v) is 6.55. The van der Waals surface area contributed by atoms with Crippen LogP contribution >= 0.6 is 11.6 Å². The first-order chi connectivity index (χ1) is 8.13. The predicted octanol–water partition coefficient (Wildman–Crippen LogP) is 2.07. The Hall–Kier alpha value is -1.03. The molecule has 0 unspecified atom stereocenters.